The summed E-state index contributed by atoms with van der Waals surface area (Å²) >= 11 is 0. The molecule has 0 fully saturated rings. The Morgan fingerprint density at radius 1 is 1.14 bits per heavy atom. The third-order valence-corrected chi connectivity index (χ3v) is 2.42. The van der Waals surface area contributed by atoms with E-state index in [1.54, 1.807) is 0 Å². The number of rotatable bonds is 5. The number of hydrogen-bond donors (Lipinski definition) is 0. The van der Waals surface area contributed by atoms with Gasteiger partial charge in [0, 0.05) is 12.0 Å². The number of carbonyl (C=O) groups excluding carboxylic acids is 1. The molecule has 1 aromatic rings. The summed E-state index contributed by atoms with van der Waals surface area (Å²) < 4.78 is 0. The van der Waals surface area contributed by atoms with Crippen molar-refractivity contribution in [1.82, 2.24) is 0 Å². The van der Waals surface area contributed by atoms with Gasteiger partial charge in [-0.2, -0.15) is 0 Å². The van der Waals surface area contributed by atoms with E-state index >= 15 is 0 Å². The lowest BCUT2D eigenvalue weighted by Crippen LogP contribution is -1.96. The highest BCUT2D eigenvalue weighted by atomic mass is 16.1. The van der Waals surface area contributed by atoms with Crippen LogP contribution in [0.5, 0.6) is 0 Å². The third kappa shape index (κ3) is 2.99. The third-order valence-electron chi connectivity index (χ3n) is 2.42. The number of hydrogen-bond acceptors (Lipinski definition) is 1. The maximum Gasteiger partial charge on any atom is 0.162 e. The highest BCUT2D eigenvalue weighted by molar-refractivity contribution is 5.95. The van der Waals surface area contributed by atoms with Crippen molar-refractivity contribution in [3.05, 3.63) is 35.4 Å². The zero-order valence-electron chi connectivity index (χ0n) is 9.05. The predicted molar refractivity (Wildman–Crippen MR) is 59.7 cm³/mol. The Bertz CT molecular complexity index is 285. The fourth-order valence-electron chi connectivity index (χ4n) is 1.44. The second-order valence-electron chi connectivity index (χ2n) is 3.58. The second kappa shape index (κ2) is 5.58. The zero-order valence-corrected chi connectivity index (χ0v) is 9.05. The predicted octanol–water partition coefficient (Wildman–Crippen LogP) is 3.62. The minimum Gasteiger partial charge on any atom is -0.294 e. The summed E-state index contributed by atoms with van der Waals surface area (Å²) in [6.07, 6.45) is 4.15. The first-order chi connectivity index (χ1) is 6.77. The standard InChI is InChI=1S/C13H18O/c1-3-5-6-11-7-9-12(10-8-11)13(14)4-2/h7-10H,3-6H2,1-2H3. The number of carbonyl (C=O) groups is 1. The average Bonchev–Trinajstić information content (AvgIpc) is 2.26. The molecule has 0 heterocycles. The molecule has 1 aromatic carbocycles. The Morgan fingerprint density at radius 3 is 2.29 bits per heavy atom. The molecule has 0 aliphatic heterocycles. The Hall–Kier alpha value is -1.11. The molecule has 0 bridgehead atoms. The van der Waals surface area contributed by atoms with E-state index in [0.717, 1.165) is 12.0 Å². The quantitative estimate of drug-likeness (QED) is 0.648. The molecule has 14 heavy (non-hydrogen) atoms. The van der Waals surface area contributed by atoms with Crippen LogP contribution in [0.1, 0.15) is 49.0 Å². The van der Waals surface area contributed by atoms with Gasteiger partial charge in [-0.25, -0.2) is 0 Å². The zero-order chi connectivity index (χ0) is 10.4. The van der Waals surface area contributed by atoms with Crippen LogP contribution in [0.25, 0.3) is 0 Å². The van der Waals surface area contributed by atoms with Crippen molar-refractivity contribution >= 4 is 5.78 Å². The van der Waals surface area contributed by atoms with E-state index in [1.165, 1.54) is 18.4 Å². The van der Waals surface area contributed by atoms with Gasteiger partial charge in [-0.1, -0.05) is 44.5 Å². The molecular formula is C13H18O. The van der Waals surface area contributed by atoms with Gasteiger partial charge in [0.2, 0.25) is 0 Å². The van der Waals surface area contributed by atoms with Gasteiger partial charge in [0.25, 0.3) is 0 Å². The molecule has 1 nitrogen and oxygen atoms in total. The van der Waals surface area contributed by atoms with Gasteiger partial charge in [-0.05, 0) is 18.4 Å². The van der Waals surface area contributed by atoms with Crippen LogP contribution in [0.4, 0.5) is 0 Å². The number of unbranched alkanes of at least 4 members (excludes halogenated alkanes) is 1. The molecule has 0 aliphatic rings. The minimum absolute atomic E-state index is 0.229. The van der Waals surface area contributed by atoms with Crippen LogP contribution in [-0.4, -0.2) is 5.78 Å². The van der Waals surface area contributed by atoms with Crippen LogP contribution in [0.3, 0.4) is 0 Å². The lowest BCUT2D eigenvalue weighted by atomic mass is 10.0. The van der Waals surface area contributed by atoms with Gasteiger partial charge < -0.3 is 0 Å². The van der Waals surface area contributed by atoms with E-state index in [4.69, 9.17) is 0 Å². The van der Waals surface area contributed by atoms with Gasteiger partial charge >= 0.3 is 0 Å². The summed E-state index contributed by atoms with van der Waals surface area (Å²) in [5.74, 6) is 0.229. The molecule has 1 heteroatoms. The van der Waals surface area contributed by atoms with Crippen LogP contribution >= 0.6 is 0 Å². The Balaban J connectivity index is 2.63. The fraction of sp³-hybridized carbons (Fsp3) is 0.462. The lowest BCUT2D eigenvalue weighted by molar-refractivity contribution is 0.0988. The lowest BCUT2D eigenvalue weighted by Gasteiger charge is -2.01. The second-order valence-corrected chi connectivity index (χ2v) is 3.58. The van der Waals surface area contributed by atoms with Gasteiger partial charge in [0.1, 0.15) is 0 Å². The van der Waals surface area contributed by atoms with Crippen molar-refractivity contribution < 1.29 is 4.79 Å². The first kappa shape index (κ1) is 11.0. The Kier molecular flexibility index (Phi) is 4.37. The van der Waals surface area contributed by atoms with Crippen LogP contribution < -0.4 is 0 Å². The molecule has 0 saturated heterocycles. The summed E-state index contributed by atoms with van der Waals surface area (Å²) in [5, 5.41) is 0. The van der Waals surface area contributed by atoms with Crippen LogP contribution in [0, 0.1) is 0 Å². The Labute approximate surface area is 86.1 Å². The van der Waals surface area contributed by atoms with Crippen LogP contribution in [0.2, 0.25) is 0 Å². The molecule has 0 N–H and O–H groups in total. The molecule has 76 valence electrons. The highest BCUT2D eigenvalue weighted by Crippen LogP contribution is 2.09. The smallest absolute Gasteiger partial charge is 0.162 e. The first-order valence-corrected chi connectivity index (χ1v) is 5.40. The van der Waals surface area contributed by atoms with Crippen LogP contribution in [-0.2, 0) is 6.42 Å². The molecule has 0 atom stereocenters. The van der Waals surface area contributed by atoms with Gasteiger partial charge in [0.05, 0.1) is 0 Å². The number of benzene rings is 1. The first-order valence-electron chi connectivity index (χ1n) is 5.40. The number of Topliss-reactive ketones (excluding diaryl/α,β-unsaturated/α-hetero) is 1. The van der Waals surface area contributed by atoms with E-state index in [2.05, 4.69) is 19.1 Å². The molecule has 0 spiro atoms. The van der Waals surface area contributed by atoms with Crippen molar-refractivity contribution in [3.63, 3.8) is 0 Å². The van der Waals surface area contributed by atoms with Crippen molar-refractivity contribution in [2.75, 3.05) is 0 Å². The van der Waals surface area contributed by atoms with E-state index in [0.29, 0.717) is 6.42 Å². The summed E-state index contributed by atoms with van der Waals surface area (Å²) in [4.78, 5) is 11.3. The molecule has 0 aliphatic carbocycles. The van der Waals surface area contributed by atoms with Crippen molar-refractivity contribution in [2.24, 2.45) is 0 Å². The van der Waals surface area contributed by atoms with Crippen molar-refractivity contribution in [3.8, 4) is 0 Å². The maximum absolute atomic E-state index is 11.3. The monoisotopic (exact) mass is 190 g/mol. The maximum atomic E-state index is 11.3. The summed E-state index contributed by atoms with van der Waals surface area (Å²) in [6.45, 7) is 4.09. The molecular weight excluding hydrogens is 172 g/mol. The normalized spacial score (nSPS) is 10.1. The largest absolute Gasteiger partial charge is 0.294 e. The Morgan fingerprint density at radius 2 is 1.79 bits per heavy atom. The SMILES string of the molecule is CCCCc1ccc(C(=O)CC)cc1. The van der Waals surface area contributed by atoms with Gasteiger partial charge in [-0.15, -0.1) is 0 Å². The molecule has 0 amide bonds. The molecule has 1 rings (SSSR count). The molecule has 0 radical (unpaired) electrons. The van der Waals surface area contributed by atoms with E-state index in [-0.39, 0.29) is 5.78 Å². The van der Waals surface area contributed by atoms with Gasteiger partial charge in [-0.3, -0.25) is 4.79 Å². The summed E-state index contributed by atoms with van der Waals surface area (Å²) in [6, 6.07) is 8.02. The summed E-state index contributed by atoms with van der Waals surface area (Å²) in [5.41, 5.74) is 2.17. The molecule has 0 aromatic heterocycles. The highest BCUT2D eigenvalue weighted by Gasteiger charge is 2.01. The molecule has 0 saturated carbocycles. The van der Waals surface area contributed by atoms with Crippen molar-refractivity contribution in [2.45, 2.75) is 39.5 Å². The minimum atomic E-state index is 0.229. The van der Waals surface area contributed by atoms with E-state index in [1.807, 2.05) is 19.1 Å². The fourth-order valence-corrected chi connectivity index (χ4v) is 1.44. The topological polar surface area (TPSA) is 17.1 Å². The number of ketones is 1. The van der Waals surface area contributed by atoms with Crippen LogP contribution in [0.15, 0.2) is 24.3 Å². The van der Waals surface area contributed by atoms with Gasteiger partial charge in [0.15, 0.2) is 5.78 Å². The molecule has 0 unspecified atom stereocenters. The van der Waals surface area contributed by atoms with E-state index in [9.17, 15) is 4.79 Å². The average molecular weight is 190 g/mol. The summed E-state index contributed by atoms with van der Waals surface area (Å²) in [7, 11) is 0. The van der Waals surface area contributed by atoms with E-state index < -0.39 is 0 Å². The van der Waals surface area contributed by atoms with Crippen molar-refractivity contribution in [1.29, 1.82) is 0 Å². The number of aryl methyl sites for hydroxylation is 1.